The average molecular weight is 437 g/mol. The van der Waals surface area contributed by atoms with Gasteiger partial charge < -0.3 is 10.1 Å². The van der Waals surface area contributed by atoms with Crippen LogP contribution in [0.1, 0.15) is 31.1 Å². The van der Waals surface area contributed by atoms with Gasteiger partial charge in [-0.1, -0.05) is 32.9 Å². The first kappa shape index (κ1) is 18.4. The fourth-order valence-corrected chi connectivity index (χ4v) is 2.39. The fourth-order valence-electron chi connectivity index (χ4n) is 1.85. The van der Waals surface area contributed by atoms with Crippen molar-refractivity contribution in [3.63, 3.8) is 0 Å². The van der Waals surface area contributed by atoms with E-state index in [9.17, 15) is 9.59 Å². The number of anilines is 1. The van der Waals surface area contributed by atoms with Crippen molar-refractivity contribution in [2.24, 2.45) is 5.41 Å². The van der Waals surface area contributed by atoms with Crippen molar-refractivity contribution in [1.29, 1.82) is 0 Å². The molecule has 5 heteroatoms. The smallest absolute Gasteiger partial charge is 0.229 e. The van der Waals surface area contributed by atoms with Crippen LogP contribution in [0.15, 0.2) is 48.5 Å². The molecule has 0 saturated heterocycles. The van der Waals surface area contributed by atoms with E-state index in [0.29, 0.717) is 17.0 Å². The number of para-hydroxylation sites is 1. The molecule has 1 amide bonds. The minimum Gasteiger partial charge on any atom is -0.484 e. The number of rotatable bonds is 5. The van der Waals surface area contributed by atoms with Crippen LogP contribution in [0.25, 0.3) is 0 Å². The molecule has 0 spiro atoms. The van der Waals surface area contributed by atoms with Gasteiger partial charge in [-0.3, -0.25) is 9.59 Å². The summed E-state index contributed by atoms with van der Waals surface area (Å²) in [5.74, 6) is 0.521. The summed E-state index contributed by atoms with van der Waals surface area (Å²) in [7, 11) is 0. The van der Waals surface area contributed by atoms with Crippen LogP contribution in [0, 0.1) is 8.99 Å². The molecule has 0 aromatic heterocycles. The number of hydrogen-bond donors (Lipinski definition) is 1. The van der Waals surface area contributed by atoms with Gasteiger partial charge >= 0.3 is 0 Å². The van der Waals surface area contributed by atoms with Crippen molar-refractivity contribution < 1.29 is 14.3 Å². The van der Waals surface area contributed by atoms with Gasteiger partial charge in [0, 0.05) is 16.7 Å². The van der Waals surface area contributed by atoms with E-state index in [0.717, 1.165) is 3.57 Å². The number of carbonyl (C=O) groups is 2. The maximum atomic E-state index is 12.2. The SMILES string of the molecule is CC(C)(C)C(=O)Nc1ccc(C(=O)COc2ccccc2I)cc1. The molecule has 0 atom stereocenters. The lowest BCUT2D eigenvalue weighted by Gasteiger charge is -2.17. The highest BCUT2D eigenvalue weighted by atomic mass is 127. The monoisotopic (exact) mass is 437 g/mol. The number of hydrogen-bond acceptors (Lipinski definition) is 3. The molecule has 0 aliphatic heterocycles. The molecular weight excluding hydrogens is 417 g/mol. The maximum Gasteiger partial charge on any atom is 0.229 e. The molecule has 2 aromatic carbocycles. The van der Waals surface area contributed by atoms with Gasteiger partial charge in [0.05, 0.1) is 3.57 Å². The molecule has 0 aliphatic rings. The summed E-state index contributed by atoms with van der Waals surface area (Å²) in [6.07, 6.45) is 0. The second-order valence-corrected chi connectivity index (χ2v) is 7.59. The lowest BCUT2D eigenvalue weighted by molar-refractivity contribution is -0.123. The normalized spacial score (nSPS) is 11.0. The predicted molar refractivity (Wildman–Crippen MR) is 104 cm³/mol. The van der Waals surface area contributed by atoms with Gasteiger partial charge in [-0.2, -0.15) is 0 Å². The van der Waals surface area contributed by atoms with Crippen LogP contribution in [0.2, 0.25) is 0 Å². The Kier molecular flexibility index (Phi) is 5.99. The third kappa shape index (κ3) is 5.06. The van der Waals surface area contributed by atoms with Crippen LogP contribution in [0.5, 0.6) is 5.75 Å². The molecule has 2 aromatic rings. The zero-order chi connectivity index (χ0) is 17.7. The Bertz CT molecular complexity index is 733. The van der Waals surface area contributed by atoms with E-state index in [1.807, 2.05) is 45.0 Å². The number of ketones is 1. The number of amides is 1. The summed E-state index contributed by atoms with van der Waals surface area (Å²) in [5, 5.41) is 2.83. The van der Waals surface area contributed by atoms with E-state index in [2.05, 4.69) is 27.9 Å². The largest absolute Gasteiger partial charge is 0.484 e. The van der Waals surface area contributed by atoms with Crippen molar-refractivity contribution in [3.05, 3.63) is 57.7 Å². The first-order chi connectivity index (χ1) is 11.3. The van der Waals surface area contributed by atoms with E-state index in [4.69, 9.17) is 4.74 Å². The third-order valence-electron chi connectivity index (χ3n) is 3.34. The summed E-state index contributed by atoms with van der Waals surface area (Å²) in [6.45, 7) is 5.53. The lowest BCUT2D eigenvalue weighted by atomic mass is 9.95. The van der Waals surface area contributed by atoms with Crippen molar-refractivity contribution in [2.75, 3.05) is 11.9 Å². The first-order valence-electron chi connectivity index (χ1n) is 7.59. The Morgan fingerprint density at radius 1 is 1.04 bits per heavy atom. The number of halogens is 1. The van der Waals surface area contributed by atoms with Crippen LogP contribution in [0.4, 0.5) is 5.69 Å². The van der Waals surface area contributed by atoms with Gasteiger partial charge in [0.2, 0.25) is 5.91 Å². The Balaban J connectivity index is 1.96. The zero-order valence-electron chi connectivity index (χ0n) is 13.9. The Morgan fingerprint density at radius 3 is 2.25 bits per heavy atom. The minimum absolute atomic E-state index is 0.0201. The molecule has 2 rings (SSSR count). The second-order valence-electron chi connectivity index (χ2n) is 6.42. The molecule has 0 fully saturated rings. The lowest BCUT2D eigenvalue weighted by Crippen LogP contribution is -2.27. The van der Waals surface area contributed by atoms with Gasteiger partial charge in [0.1, 0.15) is 5.75 Å². The molecule has 0 saturated carbocycles. The first-order valence-corrected chi connectivity index (χ1v) is 8.67. The van der Waals surface area contributed by atoms with Crippen LogP contribution in [0.3, 0.4) is 0 Å². The highest BCUT2D eigenvalue weighted by Gasteiger charge is 2.21. The predicted octanol–water partition coefficient (Wildman–Crippen LogP) is 4.54. The molecule has 24 heavy (non-hydrogen) atoms. The molecule has 0 aliphatic carbocycles. The molecule has 0 radical (unpaired) electrons. The molecule has 4 nitrogen and oxygen atoms in total. The molecule has 126 valence electrons. The number of nitrogens with one attached hydrogen (secondary N) is 1. The van der Waals surface area contributed by atoms with E-state index < -0.39 is 5.41 Å². The quantitative estimate of drug-likeness (QED) is 0.552. The molecule has 0 heterocycles. The van der Waals surface area contributed by atoms with E-state index in [-0.39, 0.29) is 18.3 Å². The number of ether oxygens (including phenoxy) is 1. The van der Waals surface area contributed by atoms with Crippen LogP contribution < -0.4 is 10.1 Å². The summed E-state index contributed by atoms with van der Waals surface area (Å²) >= 11 is 2.17. The van der Waals surface area contributed by atoms with E-state index >= 15 is 0 Å². The summed E-state index contributed by atoms with van der Waals surface area (Å²) in [4.78, 5) is 24.2. The molecule has 0 unspecified atom stereocenters. The zero-order valence-corrected chi connectivity index (χ0v) is 16.1. The van der Waals surface area contributed by atoms with E-state index in [1.54, 1.807) is 24.3 Å². The highest BCUT2D eigenvalue weighted by molar-refractivity contribution is 14.1. The molecule has 0 bridgehead atoms. The number of carbonyl (C=O) groups excluding carboxylic acids is 2. The number of Topliss-reactive ketones (excluding diaryl/α,β-unsaturated/α-hetero) is 1. The van der Waals surface area contributed by atoms with Gasteiger partial charge in [0.25, 0.3) is 0 Å². The third-order valence-corrected chi connectivity index (χ3v) is 4.23. The standard InChI is InChI=1S/C19H20INO3/c1-19(2,3)18(23)21-14-10-8-13(9-11-14)16(22)12-24-17-7-5-4-6-15(17)20/h4-11H,12H2,1-3H3,(H,21,23). The van der Waals surface area contributed by atoms with Gasteiger partial charge in [-0.15, -0.1) is 0 Å². The average Bonchev–Trinajstić information content (AvgIpc) is 2.53. The summed E-state index contributed by atoms with van der Waals surface area (Å²) in [6, 6.07) is 14.4. The Morgan fingerprint density at radius 2 is 1.67 bits per heavy atom. The Hall–Kier alpha value is -1.89. The fraction of sp³-hybridized carbons (Fsp3) is 0.263. The second kappa shape index (κ2) is 7.79. The van der Waals surface area contributed by atoms with Gasteiger partial charge in [0.15, 0.2) is 12.4 Å². The topological polar surface area (TPSA) is 55.4 Å². The van der Waals surface area contributed by atoms with Gasteiger partial charge in [-0.05, 0) is 59.0 Å². The van der Waals surface area contributed by atoms with E-state index in [1.165, 1.54) is 0 Å². The van der Waals surface area contributed by atoms with Crippen LogP contribution in [-0.4, -0.2) is 18.3 Å². The van der Waals surface area contributed by atoms with Crippen LogP contribution in [-0.2, 0) is 4.79 Å². The van der Waals surface area contributed by atoms with Crippen LogP contribution >= 0.6 is 22.6 Å². The van der Waals surface area contributed by atoms with Crippen molar-refractivity contribution >= 4 is 40.0 Å². The van der Waals surface area contributed by atoms with Crippen molar-refractivity contribution in [2.45, 2.75) is 20.8 Å². The molecule has 1 N–H and O–H groups in total. The number of benzene rings is 2. The summed E-state index contributed by atoms with van der Waals surface area (Å²) in [5.41, 5.74) is 0.759. The highest BCUT2D eigenvalue weighted by Crippen LogP contribution is 2.20. The molecular formula is C19H20INO3. The maximum absolute atomic E-state index is 12.2. The van der Waals surface area contributed by atoms with Crippen molar-refractivity contribution in [1.82, 2.24) is 0 Å². The minimum atomic E-state index is -0.463. The Labute approximate surface area is 155 Å². The van der Waals surface area contributed by atoms with Gasteiger partial charge in [-0.25, -0.2) is 0 Å². The summed E-state index contributed by atoms with van der Waals surface area (Å²) < 4.78 is 6.53. The van der Waals surface area contributed by atoms with Crippen molar-refractivity contribution in [3.8, 4) is 5.75 Å².